The number of aryl methyl sites for hydroxylation is 2. The number of allylic oxidation sites excluding steroid dienone is 1. The van der Waals surface area contributed by atoms with Gasteiger partial charge in [-0.1, -0.05) is 11.6 Å². The van der Waals surface area contributed by atoms with Crippen molar-refractivity contribution in [2.24, 2.45) is 23.2 Å². The Kier molecular flexibility index (Phi) is 11.7. The summed E-state index contributed by atoms with van der Waals surface area (Å²) in [6.45, 7) is 7.35. The highest BCUT2D eigenvalue weighted by Crippen LogP contribution is 2.62. The molecular weight excluding hydrogens is 927 g/mol. The maximum Gasteiger partial charge on any atom is 0.337 e. The van der Waals surface area contributed by atoms with E-state index in [2.05, 4.69) is 16.7 Å². The lowest BCUT2D eigenvalue weighted by Crippen LogP contribution is -2.59. The van der Waals surface area contributed by atoms with E-state index < -0.39 is 65.4 Å². The number of rotatable bonds is 6. The molecule has 15 heteroatoms. The minimum Gasteiger partial charge on any atom is -0.508 e. The van der Waals surface area contributed by atoms with E-state index in [9.17, 15) is 30.3 Å². The van der Waals surface area contributed by atoms with Crippen LogP contribution in [-0.2, 0) is 41.8 Å². The van der Waals surface area contributed by atoms with Gasteiger partial charge in [0.05, 0.1) is 17.8 Å². The average molecular weight is 994 g/mol. The maximum atomic E-state index is 15.6. The molecule has 3 aliphatic heterocycles. The number of hydrogen-bond acceptors (Lipinski definition) is 15. The fraction of sp³-hybridized carbons (Fsp3) is 0.517. The van der Waals surface area contributed by atoms with Crippen molar-refractivity contribution in [3.8, 4) is 17.2 Å². The number of benzene rings is 2. The number of anilines is 2. The smallest absolute Gasteiger partial charge is 0.337 e. The van der Waals surface area contributed by atoms with E-state index >= 15 is 4.79 Å². The third-order valence-electron chi connectivity index (χ3n) is 19.0. The van der Waals surface area contributed by atoms with Crippen molar-refractivity contribution in [3.05, 3.63) is 120 Å². The largest absolute Gasteiger partial charge is 0.508 e. The number of fused-ring (bicyclic) bond motifs is 10. The highest BCUT2D eigenvalue weighted by molar-refractivity contribution is 5.94. The van der Waals surface area contributed by atoms with E-state index in [1.807, 2.05) is 39.1 Å². The van der Waals surface area contributed by atoms with Gasteiger partial charge in [0, 0.05) is 65.9 Å². The second kappa shape index (κ2) is 17.8. The van der Waals surface area contributed by atoms with Gasteiger partial charge in [0.2, 0.25) is 0 Å². The molecule has 1 saturated carbocycles. The molecule has 12 rings (SSSR count). The number of aromatic hydroxyl groups is 2. The van der Waals surface area contributed by atoms with E-state index in [0.717, 1.165) is 84.0 Å². The molecule has 6 heterocycles. The Labute approximate surface area is 424 Å². The minimum absolute atomic E-state index is 0.0145. The number of piperidine rings is 1. The Morgan fingerprint density at radius 3 is 2.56 bits per heavy atom. The molecule has 1 spiro atoms. The van der Waals surface area contributed by atoms with Crippen LogP contribution in [0.2, 0.25) is 0 Å². The number of esters is 1. The monoisotopic (exact) mass is 993 g/mol. The fourth-order valence-electron chi connectivity index (χ4n) is 15.6. The molecule has 7 aliphatic rings. The van der Waals surface area contributed by atoms with Gasteiger partial charge in [-0.15, -0.1) is 0 Å². The first-order valence-electron chi connectivity index (χ1n) is 26.6. The number of nitrogens with one attached hydrogen (secondary N) is 2. The van der Waals surface area contributed by atoms with Crippen molar-refractivity contribution in [2.45, 2.75) is 139 Å². The normalized spacial score (nSPS) is 29.8. The highest BCUT2D eigenvalue weighted by Gasteiger charge is 2.61. The van der Waals surface area contributed by atoms with Gasteiger partial charge in [0.25, 0.3) is 0 Å². The van der Waals surface area contributed by atoms with Gasteiger partial charge >= 0.3 is 5.97 Å². The molecule has 384 valence electrons. The Bertz CT molecular complexity index is 3160. The molecule has 2 fully saturated rings. The van der Waals surface area contributed by atoms with Crippen molar-refractivity contribution in [1.29, 1.82) is 0 Å². The van der Waals surface area contributed by atoms with Gasteiger partial charge in [-0.3, -0.25) is 4.79 Å². The number of carbonyl (C=O) groups excluding carboxylic acids is 1. The summed E-state index contributed by atoms with van der Waals surface area (Å²) >= 11 is 0. The zero-order chi connectivity index (χ0) is 50.7. The van der Waals surface area contributed by atoms with Crippen molar-refractivity contribution >= 4 is 28.6 Å². The van der Waals surface area contributed by atoms with Crippen LogP contribution < -0.4 is 26.5 Å². The zero-order valence-electron chi connectivity index (χ0n) is 41.9. The topological polar surface area (TPSA) is 243 Å². The number of aliphatic hydroxyl groups is 3. The van der Waals surface area contributed by atoms with Crippen LogP contribution in [0.5, 0.6) is 17.2 Å². The molecule has 9 N–H and O–H groups in total. The van der Waals surface area contributed by atoms with E-state index in [4.69, 9.17) is 29.6 Å². The Morgan fingerprint density at radius 2 is 1.78 bits per heavy atom. The lowest BCUT2D eigenvalue weighted by Gasteiger charge is -2.52. The maximum absolute atomic E-state index is 15.6. The van der Waals surface area contributed by atoms with Gasteiger partial charge < -0.3 is 55.8 Å². The van der Waals surface area contributed by atoms with Gasteiger partial charge in [-0.25, -0.2) is 14.8 Å². The first-order valence-corrected chi connectivity index (χ1v) is 26.6. The summed E-state index contributed by atoms with van der Waals surface area (Å²) in [6, 6.07) is 10.5. The van der Waals surface area contributed by atoms with Crippen LogP contribution in [0.25, 0.3) is 11.0 Å². The minimum atomic E-state index is -1.39. The summed E-state index contributed by atoms with van der Waals surface area (Å²) in [5.41, 5.74) is 10.7. The van der Waals surface area contributed by atoms with Crippen LogP contribution in [0.15, 0.2) is 69.1 Å². The molecule has 0 unspecified atom stereocenters. The predicted molar refractivity (Wildman–Crippen MR) is 274 cm³/mol. The Balaban J connectivity index is 1.14. The number of nitrogens with two attached hydrogens (primary N) is 1. The molecule has 0 radical (unpaired) electrons. The quantitative estimate of drug-likeness (QED) is 0.0792. The number of pyridine rings is 2. The van der Waals surface area contributed by atoms with Gasteiger partial charge in [0.1, 0.15) is 63.9 Å². The average Bonchev–Trinajstić information content (AvgIpc) is 3.53. The molecule has 73 heavy (non-hydrogen) atoms. The highest BCUT2D eigenvalue weighted by atomic mass is 16.6. The standard InChI is InChI=1S/C58H67N5O10/c1-4-61-45-20-31-8-11-36-37-12-7-30-6-10-34(66)21-39(30)41(27-65)46(38-13-16-62-54(59)47(37)38)49-52-40(51(68)48-43(67)22-35(26-64)71-53(48)49)23-44(56(3,73-52)42(36)19-32(31)25-63-45)72-55(69)50-29(2)5-9-33-24-57(28-58(33,50)70)14-17-60-18-15-57/h6,10,13,16,20-22,25,33,36-37,41-42,44,46,60,64-66,68,70H,4-5,7-9,11-12,14-15,17-19,23-24,26-28H2,1-3H3,(H2,59,62)(H,61,63)/t33-,36-,37+,41-,42+,44-,46+,56+,58-/m1/s1. The summed E-state index contributed by atoms with van der Waals surface area (Å²) in [4.78, 5) is 39.8. The lowest BCUT2D eigenvalue weighted by atomic mass is 9.62. The third-order valence-corrected chi connectivity index (χ3v) is 19.0. The van der Waals surface area contributed by atoms with E-state index in [-0.39, 0.29) is 63.4 Å². The number of phenolic OH excluding ortho intramolecular Hbond substituents is 2. The molecule has 1 saturated heterocycles. The first kappa shape index (κ1) is 48.0. The SMILES string of the molecule is CCNc1cc2c(cn1)C[C@H]1[C@H](CC2)[C@@H]2CCc3ccc(O)cc3[C@@H](CO)[C@H](c3ccnc(N)c32)c2c3c(c(O)c4c(=O)cc(CO)oc24)C[C@@H](OC(=O)C2=C(C)CC[C@@H]4CC5(CCNCC5)C[C@]24O)[C@@]1(C)O3. The number of aliphatic hydroxyl groups excluding tert-OH is 2. The number of ether oxygens (including phenoxy) is 2. The van der Waals surface area contributed by atoms with Crippen molar-refractivity contribution in [2.75, 3.05) is 37.3 Å². The number of nitrogens with zero attached hydrogens (tertiary/aromatic N) is 2. The second-order valence-corrected chi connectivity index (χ2v) is 22.7. The second-order valence-electron chi connectivity index (χ2n) is 22.7. The molecule has 0 amide bonds. The van der Waals surface area contributed by atoms with Gasteiger partial charge in [-0.2, -0.15) is 0 Å². The Hall–Kier alpha value is -6.00. The number of aromatic nitrogens is 2. The van der Waals surface area contributed by atoms with Crippen LogP contribution in [0, 0.1) is 23.2 Å². The first-order chi connectivity index (χ1) is 35.2. The molecule has 4 bridgehead atoms. The fourth-order valence-corrected chi connectivity index (χ4v) is 15.6. The summed E-state index contributed by atoms with van der Waals surface area (Å²) in [6.07, 6.45) is 9.97. The Morgan fingerprint density at radius 1 is 0.973 bits per heavy atom. The van der Waals surface area contributed by atoms with Crippen LogP contribution >= 0.6 is 0 Å². The van der Waals surface area contributed by atoms with Crippen molar-refractivity contribution in [1.82, 2.24) is 15.3 Å². The summed E-state index contributed by atoms with van der Waals surface area (Å²) in [5.74, 6) is -2.51. The van der Waals surface area contributed by atoms with E-state index in [1.54, 1.807) is 18.3 Å². The summed E-state index contributed by atoms with van der Waals surface area (Å²) < 4.78 is 21.4. The van der Waals surface area contributed by atoms with Crippen LogP contribution in [0.1, 0.15) is 140 Å². The lowest BCUT2D eigenvalue weighted by molar-refractivity contribution is -0.171. The third kappa shape index (κ3) is 7.49. The molecule has 15 nitrogen and oxygen atoms in total. The molecule has 4 aliphatic carbocycles. The van der Waals surface area contributed by atoms with Crippen LogP contribution in [0.4, 0.5) is 11.6 Å². The number of carbonyl (C=O) groups is 1. The molecule has 9 atom stereocenters. The van der Waals surface area contributed by atoms with Crippen molar-refractivity contribution in [3.63, 3.8) is 0 Å². The number of hydrogen-bond donors (Lipinski definition) is 8. The number of nitrogen functional groups attached to an aromatic ring is 1. The molecule has 3 aromatic heterocycles. The molecular formula is C58H67N5O10. The van der Waals surface area contributed by atoms with E-state index in [0.29, 0.717) is 74.0 Å². The molecule has 5 aromatic rings. The predicted octanol–water partition coefficient (Wildman–Crippen LogP) is 7.10. The zero-order valence-corrected chi connectivity index (χ0v) is 41.9. The van der Waals surface area contributed by atoms with Crippen molar-refractivity contribution < 1.29 is 44.2 Å². The van der Waals surface area contributed by atoms with E-state index in [1.165, 1.54) is 0 Å². The van der Waals surface area contributed by atoms with Gasteiger partial charge in [0.15, 0.2) is 5.43 Å². The van der Waals surface area contributed by atoms with Gasteiger partial charge in [-0.05, 0) is 180 Å². The molecule has 2 aromatic carbocycles. The number of phenols is 2. The summed E-state index contributed by atoms with van der Waals surface area (Å²) in [5, 5.41) is 66.2. The van der Waals surface area contributed by atoms with Crippen LogP contribution in [-0.4, -0.2) is 85.0 Å². The summed E-state index contributed by atoms with van der Waals surface area (Å²) in [7, 11) is 0. The van der Waals surface area contributed by atoms with Crippen LogP contribution in [0.3, 0.4) is 0 Å².